The summed E-state index contributed by atoms with van der Waals surface area (Å²) in [5, 5.41) is 54.3. The van der Waals surface area contributed by atoms with Gasteiger partial charge in [-0.05, 0) is 0 Å². The molecule has 0 aromatic rings. The number of ether oxygens (including phenoxy) is 2. The zero-order valence-corrected chi connectivity index (χ0v) is 9.29. The van der Waals surface area contributed by atoms with Gasteiger partial charge in [-0.1, -0.05) is 0 Å². The van der Waals surface area contributed by atoms with Gasteiger partial charge in [-0.25, -0.2) is 4.79 Å². The van der Waals surface area contributed by atoms with Crippen LogP contribution in [-0.2, 0) is 14.3 Å². The molecule has 0 bridgehead atoms. The van der Waals surface area contributed by atoms with E-state index in [1.165, 1.54) is 0 Å². The Morgan fingerprint density at radius 3 is 2.28 bits per heavy atom. The van der Waals surface area contributed by atoms with Gasteiger partial charge in [-0.2, -0.15) is 0 Å². The summed E-state index contributed by atoms with van der Waals surface area (Å²) in [5.41, 5.74) is 0. The standard InChI is InChI=1S/C9H16O9/c10-1-3-5(12)7(14)9(17-3)18-4(2-11)6(13)8(15)16/h3-7,9-14H,1-2H2,(H,15,16). The van der Waals surface area contributed by atoms with Gasteiger partial charge in [0.15, 0.2) is 12.4 Å². The smallest absolute Gasteiger partial charge is 0.335 e. The Morgan fingerprint density at radius 1 is 1.28 bits per heavy atom. The van der Waals surface area contributed by atoms with Gasteiger partial charge < -0.3 is 40.1 Å². The molecule has 0 saturated carbocycles. The van der Waals surface area contributed by atoms with E-state index in [4.69, 9.17) is 24.8 Å². The Bertz CT molecular complexity index is 283. The molecule has 9 heteroatoms. The minimum Gasteiger partial charge on any atom is -0.479 e. The molecular formula is C9H16O9. The highest BCUT2D eigenvalue weighted by atomic mass is 16.7. The first-order chi connectivity index (χ1) is 8.42. The summed E-state index contributed by atoms with van der Waals surface area (Å²) in [4.78, 5) is 10.5. The maximum absolute atomic E-state index is 10.5. The van der Waals surface area contributed by atoms with Crippen molar-refractivity contribution in [2.45, 2.75) is 36.8 Å². The molecule has 0 amide bonds. The predicted octanol–water partition coefficient (Wildman–Crippen LogP) is -3.75. The lowest BCUT2D eigenvalue weighted by Gasteiger charge is -2.23. The number of aliphatic carboxylic acids is 1. The summed E-state index contributed by atoms with van der Waals surface area (Å²) < 4.78 is 9.78. The van der Waals surface area contributed by atoms with Crippen LogP contribution in [0.2, 0.25) is 0 Å². The van der Waals surface area contributed by atoms with Crippen LogP contribution >= 0.6 is 0 Å². The third kappa shape index (κ3) is 3.14. The number of carbonyl (C=O) groups is 1. The molecular weight excluding hydrogens is 252 g/mol. The van der Waals surface area contributed by atoms with Crippen LogP contribution in [0, 0.1) is 0 Å². The van der Waals surface area contributed by atoms with Gasteiger partial charge in [0.05, 0.1) is 13.2 Å². The quantitative estimate of drug-likeness (QED) is 0.284. The average Bonchev–Trinajstić information content (AvgIpc) is 2.62. The lowest BCUT2D eigenvalue weighted by atomic mass is 10.1. The number of hydrogen-bond acceptors (Lipinski definition) is 8. The molecule has 0 radical (unpaired) electrons. The summed E-state index contributed by atoms with van der Waals surface area (Å²) in [6, 6.07) is 0. The van der Waals surface area contributed by atoms with Gasteiger partial charge in [0.1, 0.15) is 24.4 Å². The first kappa shape index (κ1) is 15.2. The second kappa shape index (κ2) is 6.38. The second-order valence-electron chi connectivity index (χ2n) is 3.85. The summed E-state index contributed by atoms with van der Waals surface area (Å²) in [5.74, 6) is -1.61. The molecule has 6 N–H and O–H groups in total. The van der Waals surface area contributed by atoms with Gasteiger partial charge in [-0.3, -0.25) is 0 Å². The monoisotopic (exact) mass is 268 g/mol. The predicted molar refractivity (Wildman–Crippen MR) is 53.4 cm³/mol. The van der Waals surface area contributed by atoms with Crippen molar-refractivity contribution in [2.24, 2.45) is 0 Å². The maximum atomic E-state index is 10.5. The summed E-state index contributed by atoms with van der Waals surface area (Å²) in [6.07, 6.45) is -8.96. The number of carboxylic acid groups (broad SMARTS) is 1. The van der Waals surface area contributed by atoms with Gasteiger partial charge >= 0.3 is 5.97 Å². The topological polar surface area (TPSA) is 157 Å². The fraction of sp³-hybridized carbons (Fsp3) is 0.889. The van der Waals surface area contributed by atoms with Gasteiger partial charge in [-0.15, -0.1) is 0 Å². The molecule has 6 unspecified atom stereocenters. The van der Waals surface area contributed by atoms with Gasteiger partial charge in [0, 0.05) is 0 Å². The first-order valence-electron chi connectivity index (χ1n) is 5.22. The normalized spacial score (nSPS) is 35.4. The Hall–Kier alpha value is -0.810. The van der Waals surface area contributed by atoms with Crippen molar-refractivity contribution in [3.63, 3.8) is 0 Å². The Morgan fingerprint density at radius 2 is 1.89 bits per heavy atom. The van der Waals surface area contributed by atoms with E-state index >= 15 is 0 Å². The molecule has 0 aliphatic carbocycles. The highest BCUT2D eigenvalue weighted by molar-refractivity contribution is 5.72. The third-order valence-corrected chi connectivity index (χ3v) is 2.59. The third-order valence-electron chi connectivity index (χ3n) is 2.59. The molecule has 0 aromatic carbocycles. The first-order valence-corrected chi connectivity index (χ1v) is 5.22. The molecule has 1 rings (SSSR count). The Balaban J connectivity index is 2.63. The minimum atomic E-state index is -2.00. The molecule has 1 heterocycles. The number of aliphatic hydroxyl groups excluding tert-OH is 5. The van der Waals surface area contributed by atoms with Crippen LogP contribution in [-0.4, -0.2) is 86.6 Å². The van der Waals surface area contributed by atoms with E-state index in [1.54, 1.807) is 0 Å². The largest absolute Gasteiger partial charge is 0.479 e. The van der Waals surface area contributed by atoms with Crippen molar-refractivity contribution < 1.29 is 44.9 Å². The molecule has 0 aromatic heterocycles. The SMILES string of the molecule is O=C(O)C(O)C(CO)OC1OC(CO)C(O)C1O. The fourth-order valence-corrected chi connectivity index (χ4v) is 1.53. The van der Waals surface area contributed by atoms with E-state index in [0.717, 1.165) is 0 Å². The molecule has 1 aliphatic rings. The maximum Gasteiger partial charge on any atom is 0.335 e. The van der Waals surface area contributed by atoms with Gasteiger partial charge in [0.25, 0.3) is 0 Å². The number of rotatable bonds is 6. The number of carboxylic acids is 1. The van der Waals surface area contributed by atoms with E-state index in [0.29, 0.717) is 0 Å². The van der Waals surface area contributed by atoms with Crippen molar-refractivity contribution in [3.05, 3.63) is 0 Å². The zero-order chi connectivity index (χ0) is 13.9. The van der Waals surface area contributed by atoms with Crippen LogP contribution in [0.15, 0.2) is 0 Å². The molecule has 1 fully saturated rings. The Labute approximate surface area is 102 Å². The minimum absolute atomic E-state index is 0.566. The van der Waals surface area contributed by atoms with E-state index < -0.39 is 56.0 Å². The van der Waals surface area contributed by atoms with Gasteiger partial charge in [0.2, 0.25) is 0 Å². The van der Waals surface area contributed by atoms with E-state index in [-0.39, 0.29) is 0 Å². The summed E-state index contributed by atoms with van der Waals surface area (Å²) >= 11 is 0. The fourth-order valence-electron chi connectivity index (χ4n) is 1.53. The van der Waals surface area contributed by atoms with Crippen molar-refractivity contribution in [1.29, 1.82) is 0 Å². The summed E-state index contributed by atoms with van der Waals surface area (Å²) in [7, 11) is 0. The highest BCUT2D eigenvalue weighted by Crippen LogP contribution is 2.23. The molecule has 18 heavy (non-hydrogen) atoms. The summed E-state index contributed by atoms with van der Waals surface area (Å²) in [6.45, 7) is -1.39. The number of aliphatic hydroxyl groups is 5. The molecule has 6 atom stereocenters. The van der Waals surface area contributed by atoms with Crippen LogP contribution in [0.3, 0.4) is 0 Å². The van der Waals surface area contributed by atoms with E-state index in [1.807, 2.05) is 0 Å². The lowest BCUT2D eigenvalue weighted by Crippen LogP contribution is -2.44. The van der Waals surface area contributed by atoms with E-state index in [2.05, 4.69) is 0 Å². The second-order valence-corrected chi connectivity index (χ2v) is 3.85. The van der Waals surface area contributed by atoms with Crippen molar-refractivity contribution >= 4 is 5.97 Å². The molecule has 0 spiro atoms. The van der Waals surface area contributed by atoms with Crippen LogP contribution in [0.25, 0.3) is 0 Å². The molecule has 1 saturated heterocycles. The molecule has 1 aliphatic heterocycles. The van der Waals surface area contributed by atoms with Crippen LogP contribution < -0.4 is 0 Å². The lowest BCUT2D eigenvalue weighted by molar-refractivity contribution is -0.221. The van der Waals surface area contributed by atoms with Crippen molar-refractivity contribution in [2.75, 3.05) is 13.2 Å². The zero-order valence-electron chi connectivity index (χ0n) is 9.29. The van der Waals surface area contributed by atoms with Crippen molar-refractivity contribution in [3.8, 4) is 0 Å². The van der Waals surface area contributed by atoms with E-state index in [9.17, 15) is 20.1 Å². The number of hydrogen-bond donors (Lipinski definition) is 6. The molecule has 106 valence electrons. The highest BCUT2D eigenvalue weighted by Gasteiger charge is 2.45. The van der Waals surface area contributed by atoms with Crippen LogP contribution in [0.4, 0.5) is 0 Å². The molecule has 9 nitrogen and oxygen atoms in total. The van der Waals surface area contributed by atoms with Crippen LogP contribution in [0.5, 0.6) is 0 Å². The van der Waals surface area contributed by atoms with Crippen molar-refractivity contribution in [1.82, 2.24) is 0 Å². The van der Waals surface area contributed by atoms with Crippen LogP contribution in [0.1, 0.15) is 0 Å². The Kier molecular flexibility index (Phi) is 5.41. The average molecular weight is 268 g/mol.